The van der Waals surface area contributed by atoms with E-state index >= 15 is 0 Å². The summed E-state index contributed by atoms with van der Waals surface area (Å²) in [6, 6.07) is 6.81. The molecule has 0 aromatic heterocycles. The highest BCUT2D eigenvalue weighted by atomic mass is 16.5. The second-order valence-corrected chi connectivity index (χ2v) is 5.20. The smallest absolute Gasteiger partial charge is 0.321 e. The van der Waals surface area contributed by atoms with Gasteiger partial charge in [0.2, 0.25) is 0 Å². The third-order valence-electron chi connectivity index (χ3n) is 2.71. The van der Waals surface area contributed by atoms with Crippen LogP contribution in [0.5, 0.6) is 5.75 Å². The van der Waals surface area contributed by atoms with E-state index in [1.54, 1.807) is 25.2 Å². The number of ether oxygens (including phenoxy) is 1. The van der Waals surface area contributed by atoms with Crippen molar-refractivity contribution in [2.75, 3.05) is 25.5 Å². The maximum Gasteiger partial charge on any atom is 0.321 e. The summed E-state index contributed by atoms with van der Waals surface area (Å²) in [4.78, 5) is 23.8. The number of nitrogens with zero attached hydrogens (tertiary/aromatic N) is 1. The number of nitrogens with one attached hydrogen (secondary N) is 1. The highest BCUT2D eigenvalue weighted by molar-refractivity contribution is 5.91. The van der Waals surface area contributed by atoms with Crippen LogP contribution in [-0.2, 0) is 4.79 Å². The van der Waals surface area contributed by atoms with Gasteiger partial charge in [0, 0.05) is 13.6 Å². The van der Waals surface area contributed by atoms with Crippen molar-refractivity contribution in [1.82, 2.24) is 4.90 Å². The summed E-state index contributed by atoms with van der Waals surface area (Å²) in [6.07, 6.45) is -0.0879. The normalized spacial score (nSPS) is 10.3. The highest BCUT2D eigenvalue weighted by Gasteiger charge is 2.13. The number of benzene rings is 1. The Labute approximate surface area is 124 Å². The fraction of sp³-hybridized carbons (Fsp3) is 0.467. The molecule has 0 saturated heterocycles. The van der Waals surface area contributed by atoms with E-state index in [9.17, 15) is 9.59 Å². The summed E-state index contributed by atoms with van der Waals surface area (Å²) in [5, 5.41) is 11.3. The lowest BCUT2D eigenvalue weighted by Gasteiger charge is -2.19. The zero-order valence-electron chi connectivity index (χ0n) is 12.6. The molecule has 0 unspecified atom stereocenters. The van der Waals surface area contributed by atoms with Gasteiger partial charge < -0.3 is 20.1 Å². The molecular weight excluding hydrogens is 272 g/mol. The molecule has 116 valence electrons. The average molecular weight is 294 g/mol. The fourth-order valence-corrected chi connectivity index (χ4v) is 1.53. The predicted octanol–water partition coefficient (Wildman–Crippen LogP) is 2.66. The van der Waals surface area contributed by atoms with Crippen molar-refractivity contribution in [2.45, 2.75) is 20.3 Å². The van der Waals surface area contributed by atoms with Gasteiger partial charge in [0.15, 0.2) is 0 Å². The van der Waals surface area contributed by atoms with Crippen molar-refractivity contribution in [2.24, 2.45) is 5.92 Å². The fourth-order valence-electron chi connectivity index (χ4n) is 1.53. The minimum atomic E-state index is -0.935. The van der Waals surface area contributed by atoms with E-state index in [1.165, 1.54) is 4.90 Å². The average Bonchev–Trinajstić information content (AvgIpc) is 2.43. The summed E-state index contributed by atoms with van der Waals surface area (Å²) < 4.78 is 5.65. The van der Waals surface area contributed by atoms with Gasteiger partial charge in [0.05, 0.1) is 18.7 Å². The second kappa shape index (κ2) is 8.14. The first-order valence-corrected chi connectivity index (χ1v) is 6.86. The third kappa shape index (κ3) is 6.16. The molecule has 0 aliphatic carbocycles. The Bertz CT molecular complexity index is 488. The van der Waals surface area contributed by atoms with Crippen LogP contribution in [0.25, 0.3) is 0 Å². The number of urea groups is 1. The molecule has 0 spiro atoms. The molecule has 1 rings (SSSR count). The Morgan fingerprint density at radius 1 is 1.33 bits per heavy atom. The first-order chi connectivity index (χ1) is 9.90. The van der Waals surface area contributed by atoms with Gasteiger partial charge in [-0.05, 0) is 18.1 Å². The number of rotatable bonds is 7. The van der Waals surface area contributed by atoms with Crippen molar-refractivity contribution in [1.29, 1.82) is 0 Å². The molecule has 0 aliphatic heterocycles. The van der Waals surface area contributed by atoms with E-state index in [2.05, 4.69) is 5.32 Å². The number of carboxylic acid groups (broad SMARTS) is 1. The van der Waals surface area contributed by atoms with Crippen LogP contribution in [0.15, 0.2) is 24.3 Å². The molecule has 0 heterocycles. The number of anilines is 1. The van der Waals surface area contributed by atoms with Gasteiger partial charge in [0.25, 0.3) is 0 Å². The van der Waals surface area contributed by atoms with Crippen molar-refractivity contribution in [3.63, 3.8) is 0 Å². The van der Waals surface area contributed by atoms with Crippen molar-refractivity contribution in [3.05, 3.63) is 24.3 Å². The van der Waals surface area contributed by atoms with Crippen LogP contribution in [0.4, 0.5) is 10.5 Å². The van der Waals surface area contributed by atoms with E-state index in [-0.39, 0.29) is 19.0 Å². The van der Waals surface area contributed by atoms with Gasteiger partial charge in [0.1, 0.15) is 5.75 Å². The van der Waals surface area contributed by atoms with Crippen LogP contribution in [-0.4, -0.2) is 42.2 Å². The maximum absolute atomic E-state index is 12.0. The number of amides is 2. The Morgan fingerprint density at radius 2 is 2.00 bits per heavy atom. The Kier molecular flexibility index (Phi) is 6.52. The molecule has 0 radical (unpaired) electrons. The molecule has 0 saturated carbocycles. The Morgan fingerprint density at radius 3 is 2.62 bits per heavy atom. The monoisotopic (exact) mass is 294 g/mol. The Hall–Kier alpha value is -2.24. The third-order valence-corrected chi connectivity index (χ3v) is 2.71. The maximum atomic E-state index is 12.0. The minimum absolute atomic E-state index is 0.0879. The van der Waals surface area contributed by atoms with Crippen molar-refractivity contribution in [3.8, 4) is 5.75 Å². The quantitative estimate of drug-likeness (QED) is 0.810. The molecule has 2 amide bonds. The first kappa shape index (κ1) is 16.8. The van der Waals surface area contributed by atoms with Crippen molar-refractivity contribution >= 4 is 17.7 Å². The van der Waals surface area contributed by atoms with Crippen LogP contribution in [0, 0.1) is 5.92 Å². The van der Waals surface area contributed by atoms with Crippen LogP contribution in [0.3, 0.4) is 0 Å². The highest BCUT2D eigenvalue weighted by Crippen LogP contribution is 2.24. The summed E-state index contributed by atoms with van der Waals surface area (Å²) in [6.45, 7) is 4.79. The molecule has 0 aliphatic rings. The lowest BCUT2D eigenvalue weighted by atomic mass is 10.2. The van der Waals surface area contributed by atoms with Gasteiger partial charge in [-0.2, -0.15) is 0 Å². The largest absolute Gasteiger partial charge is 0.491 e. The van der Waals surface area contributed by atoms with E-state index in [1.807, 2.05) is 19.9 Å². The molecule has 21 heavy (non-hydrogen) atoms. The van der Waals surface area contributed by atoms with Gasteiger partial charge in [-0.1, -0.05) is 26.0 Å². The van der Waals surface area contributed by atoms with E-state index in [0.29, 0.717) is 24.0 Å². The van der Waals surface area contributed by atoms with Gasteiger partial charge in [-0.3, -0.25) is 4.79 Å². The minimum Gasteiger partial charge on any atom is -0.491 e. The Balaban J connectivity index is 2.64. The number of carbonyl (C=O) groups is 2. The molecular formula is C15H22N2O4. The number of carboxylic acids is 1. The number of hydrogen-bond acceptors (Lipinski definition) is 3. The van der Waals surface area contributed by atoms with Gasteiger partial charge in [-0.25, -0.2) is 4.79 Å². The molecule has 0 fully saturated rings. The number of hydrogen-bond donors (Lipinski definition) is 2. The van der Waals surface area contributed by atoms with E-state index in [0.717, 1.165) is 0 Å². The number of para-hydroxylation sites is 2. The zero-order valence-corrected chi connectivity index (χ0v) is 12.6. The first-order valence-electron chi connectivity index (χ1n) is 6.86. The van der Waals surface area contributed by atoms with Crippen LogP contribution in [0.2, 0.25) is 0 Å². The number of aliphatic carboxylic acids is 1. The molecule has 1 aromatic carbocycles. The molecule has 2 N–H and O–H groups in total. The summed E-state index contributed by atoms with van der Waals surface area (Å²) in [5.74, 6) is 0.0495. The van der Waals surface area contributed by atoms with Crippen molar-refractivity contribution < 1.29 is 19.4 Å². The van der Waals surface area contributed by atoms with Crippen LogP contribution < -0.4 is 10.1 Å². The summed E-state index contributed by atoms with van der Waals surface area (Å²) >= 11 is 0. The second-order valence-electron chi connectivity index (χ2n) is 5.20. The predicted molar refractivity (Wildman–Crippen MR) is 80.7 cm³/mol. The molecule has 6 heteroatoms. The molecule has 1 aromatic rings. The van der Waals surface area contributed by atoms with Crippen LogP contribution >= 0.6 is 0 Å². The lowest BCUT2D eigenvalue weighted by Crippen LogP contribution is -2.33. The summed E-state index contributed by atoms with van der Waals surface area (Å²) in [7, 11) is 1.55. The lowest BCUT2D eigenvalue weighted by molar-refractivity contribution is -0.137. The number of carbonyl (C=O) groups excluding carboxylic acids is 1. The van der Waals surface area contributed by atoms with Gasteiger partial charge >= 0.3 is 12.0 Å². The summed E-state index contributed by atoms with van der Waals surface area (Å²) in [5.41, 5.74) is 0.574. The molecule has 0 bridgehead atoms. The molecule has 6 nitrogen and oxygen atoms in total. The standard InChI is InChI=1S/C15H22N2O4/c1-11(2)10-21-13-7-5-4-6-12(13)16-15(20)17(3)9-8-14(18)19/h4-7,11H,8-10H2,1-3H3,(H,16,20)(H,18,19). The SMILES string of the molecule is CC(C)COc1ccccc1NC(=O)N(C)CCC(=O)O. The topological polar surface area (TPSA) is 78.9 Å². The zero-order chi connectivity index (χ0) is 15.8. The van der Waals surface area contributed by atoms with Gasteiger partial charge in [-0.15, -0.1) is 0 Å². The van der Waals surface area contributed by atoms with E-state index in [4.69, 9.17) is 9.84 Å². The molecule has 0 atom stereocenters. The van der Waals surface area contributed by atoms with E-state index < -0.39 is 5.97 Å². The van der Waals surface area contributed by atoms with Crippen LogP contribution in [0.1, 0.15) is 20.3 Å².